The molecular formula is C46H30O2. The molecule has 0 saturated carbocycles. The second-order valence-corrected chi connectivity index (χ2v) is 12.8. The van der Waals surface area contributed by atoms with E-state index in [1.54, 1.807) is 0 Å². The Bertz CT molecular complexity index is 2610. The SMILES string of the molecule is C1=CC2C(c3ccccc3)=Cc3oc4cccc(-c5cc(-c6ccccc6)cc(-c6cccc7oc8ccccc8c67)c5)c4c3C2C=C1. The van der Waals surface area contributed by atoms with Crippen molar-refractivity contribution in [1.29, 1.82) is 0 Å². The van der Waals surface area contributed by atoms with E-state index in [0.717, 1.165) is 50.0 Å². The van der Waals surface area contributed by atoms with Gasteiger partial charge in [0.2, 0.25) is 0 Å². The van der Waals surface area contributed by atoms with Gasteiger partial charge < -0.3 is 8.83 Å². The van der Waals surface area contributed by atoms with Gasteiger partial charge in [-0.3, -0.25) is 0 Å². The van der Waals surface area contributed by atoms with Crippen molar-refractivity contribution >= 4 is 44.6 Å². The molecule has 2 aliphatic rings. The van der Waals surface area contributed by atoms with E-state index < -0.39 is 0 Å². The molecule has 8 aromatic rings. The molecule has 10 rings (SSSR count). The molecule has 0 fully saturated rings. The van der Waals surface area contributed by atoms with Crippen LogP contribution in [0.5, 0.6) is 0 Å². The molecule has 0 bridgehead atoms. The topological polar surface area (TPSA) is 26.3 Å². The van der Waals surface area contributed by atoms with Crippen LogP contribution < -0.4 is 0 Å². The highest BCUT2D eigenvalue weighted by molar-refractivity contribution is 6.13. The fourth-order valence-corrected chi connectivity index (χ4v) is 7.94. The van der Waals surface area contributed by atoms with Crippen LogP contribution >= 0.6 is 0 Å². The second-order valence-electron chi connectivity index (χ2n) is 12.8. The summed E-state index contributed by atoms with van der Waals surface area (Å²) in [6.45, 7) is 0. The third-order valence-electron chi connectivity index (χ3n) is 10.1. The van der Waals surface area contributed by atoms with Gasteiger partial charge in [-0.2, -0.15) is 0 Å². The molecule has 2 atom stereocenters. The zero-order valence-electron chi connectivity index (χ0n) is 26.1. The lowest BCUT2D eigenvalue weighted by Crippen LogP contribution is -2.17. The van der Waals surface area contributed by atoms with Crippen molar-refractivity contribution in [2.45, 2.75) is 5.92 Å². The maximum absolute atomic E-state index is 6.73. The number of fused-ring (bicyclic) bond motifs is 8. The Morgan fingerprint density at radius 2 is 1.00 bits per heavy atom. The van der Waals surface area contributed by atoms with E-state index in [4.69, 9.17) is 8.83 Å². The molecule has 0 N–H and O–H groups in total. The summed E-state index contributed by atoms with van der Waals surface area (Å²) in [5.41, 5.74) is 13.5. The predicted octanol–water partition coefficient (Wildman–Crippen LogP) is 12.7. The van der Waals surface area contributed by atoms with Gasteiger partial charge in [-0.25, -0.2) is 0 Å². The molecule has 2 heterocycles. The first-order chi connectivity index (χ1) is 23.8. The van der Waals surface area contributed by atoms with Crippen molar-refractivity contribution in [3.63, 3.8) is 0 Å². The zero-order chi connectivity index (χ0) is 31.6. The third kappa shape index (κ3) is 4.19. The number of hydrogen-bond acceptors (Lipinski definition) is 2. The molecule has 48 heavy (non-hydrogen) atoms. The lowest BCUT2D eigenvalue weighted by molar-refractivity contribution is 0.581. The maximum Gasteiger partial charge on any atom is 0.136 e. The average Bonchev–Trinajstić information content (AvgIpc) is 3.74. The van der Waals surface area contributed by atoms with Crippen molar-refractivity contribution in [1.82, 2.24) is 0 Å². The quantitative estimate of drug-likeness (QED) is 0.197. The number of para-hydroxylation sites is 1. The Morgan fingerprint density at radius 1 is 0.417 bits per heavy atom. The van der Waals surface area contributed by atoms with Crippen molar-refractivity contribution in [3.8, 4) is 33.4 Å². The van der Waals surface area contributed by atoms with Gasteiger partial charge >= 0.3 is 0 Å². The van der Waals surface area contributed by atoms with Crippen LogP contribution in [0.2, 0.25) is 0 Å². The summed E-state index contributed by atoms with van der Waals surface area (Å²) < 4.78 is 13.0. The van der Waals surface area contributed by atoms with Crippen LogP contribution in [0.4, 0.5) is 0 Å². The van der Waals surface area contributed by atoms with Crippen molar-refractivity contribution in [2.75, 3.05) is 0 Å². The van der Waals surface area contributed by atoms with Gasteiger partial charge in [0.15, 0.2) is 0 Å². The van der Waals surface area contributed by atoms with Gasteiger partial charge in [0, 0.05) is 33.6 Å². The molecule has 6 aromatic carbocycles. The highest BCUT2D eigenvalue weighted by Gasteiger charge is 2.35. The summed E-state index contributed by atoms with van der Waals surface area (Å²) in [7, 11) is 0. The van der Waals surface area contributed by atoms with Crippen molar-refractivity contribution < 1.29 is 8.83 Å². The number of rotatable bonds is 4. The molecule has 2 unspecified atom stereocenters. The van der Waals surface area contributed by atoms with E-state index >= 15 is 0 Å². The predicted molar refractivity (Wildman–Crippen MR) is 199 cm³/mol. The molecule has 2 aliphatic carbocycles. The first-order valence-corrected chi connectivity index (χ1v) is 16.6. The number of furan rings is 2. The molecule has 2 aromatic heterocycles. The molecule has 2 heteroatoms. The van der Waals surface area contributed by atoms with E-state index in [2.05, 4.69) is 158 Å². The van der Waals surface area contributed by atoms with Gasteiger partial charge in [-0.15, -0.1) is 0 Å². The standard InChI is InChI=1S/C46H30O2/c1-3-13-29(14-4-1)31-25-32(34-20-11-23-41-44(34)38-19-9-10-22-40(38)47-41)27-33(26-31)35-21-12-24-42-45(35)46-37-18-8-7-17-36(37)39(28-43(46)48-42)30-15-5-2-6-16-30/h1-28,36-37H. The van der Waals surface area contributed by atoms with Crippen LogP contribution in [0.15, 0.2) is 173 Å². The maximum atomic E-state index is 6.73. The van der Waals surface area contributed by atoms with Crippen LogP contribution in [-0.2, 0) is 0 Å². The summed E-state index contributed by atoms with van der Waals surface area (Å²) in [5, 5.41) is 3.46. The number of allylic oxidation sites excluding steroid dienone is 5. The summed E-state index contributed by atoms with van der Waals surface area (Å²) >= 11 is 0. The van der Waals surface area contributed by atoms with Crippen LogP contribution in [-0.4, -0.2) is 0 Å². The average molecular weight is 615 g/mol. The Balaban J connectivity index is 1.24. The summed E-state index contributed by atoms with van der Waals surface area (Å²) in [6, 6.07) is 49.6. The third-order valence-corrected chi connectivity index (χ3v) is 10.1. The molecule has 0 amide bonds. The highest BCUT2D eigenvalue weighted by atomic mass is 16.3. The van der Waals surface area contributed by atoms with Gasteiger partial charge in [0.1, 0.15) is 22.5 Å². The fraction of sp³-hybridized carbons (Fsp3) is 0.0435. The van der Waals surface area contributed by atoms with E-state index in [1.807, 2.05) is 12.1 Å². The van der Waals surface area contributed by atoms with E-state index in [1.165, 1.54) is 38.8 Å². The Labute approximate surface area is 278 Å². The fourth-order valence-electron chi connectivity index (χ4n) is 7.94. The minimum absolute atomic E-state index is 0.176. The van der Waals surface area contributed by atoms with Gasteiger partial charge in [-0.05, 0) is 87.0 Å². The highest BCUT2D eigenvalue weighted by Crippen LogP contribution is 2.51. The lowest BCUT2D eigenvalue weighted by atomic mass is 9.72. The van der Waals surface area contributed by atoms with Crippen LogP contribution in [0.1, 0.15) is 22.8 Å². The van der Waals surface area contributed by atoms with E-state index in [9.17, 15) is 0 Å². The summed E-state index contributed by atoms with van der Waals surface area (Å²) in [6.07, 6.45) is 11.3. The van der Waals surface area contributed by atoms with Crippen LogP contribution in [0.25, 0.3) is 77.9 Å². The number of hydrogen-bond donors (Lipinski definition) is 0. The van der Waals surface area contributed by atoms with Gasteiger partial charge in [0.25, 0.3) is 0 Å². The molecule has 226 valence electrons. The van der Waals surface area contributed by atoms with Gasteiger partial charge in [-0.1, -0.05) is 127 Å². The molecular weight excluding hydrogens is 585 g/mol. The smallest absolute Gasteiger partial charge is 0.136 e. The van der Waals surface area contributed by atoms with E-state index in [-0.39, 0.29) is 11.8 Å². The zero-order valence-corrected chi connectivity index (χ0v) is 26.1. The molecule has 2 nitrogen and oxygen atoms in total. The van der Waals surface area contributed by atoms with Crippen molar-refractivity contribution in [2.24, 2.45) is 5.92 Å². The molecule has 0 spiro atoms. The van der Waals surface area contributed by atoms with Gasteiger partial charge in [0.05, 0.1) is 0 Å². The normalized spacial score (nSPS) is 16.7. The monoisotopic (exact) mass is 614 g/mol. The minimum Gasteiger partial charge on any atom is -0.456 e. The van der Waals surface area contributed by atoms with Crippen molar-refractivity contribution in [3.05, 3.63) is 181 Å². The summed E-state index contributed by atoms with van der Waals surface area (Å²) in [4.78, 5) is 0. The first-order valence-electron chi connectivity index (χ1n) is 16.6. The summed E-state index contributed by atoms with van der Waals surface area (Å²) in [5.74, 6) is 1.36. The largest absolute Gasteiger partial charge is 0.456 e. The Kier molecular flexibility index (Phi) is 6.04. The molecule has 0 radical (unpaired) electrons. The second kappa shape index (κ2) is 10.7. The lowest BCUT2D eigenvalue weighted by Gasteiger charge is -2.31. The van der Waals surface area contributed by atoms with Crippen LogP contribution in [0.3, 0.4) is 0 Å². The minimum atomic E-state index is 0.176. The van der Waals surface area contributed by atoms with Crippen LogP contribution in [0, 0.1) is 5.92 Å². The molecule has 0 saturated heterocycles. The van der Waals surface area contributed by atoms with E-state index in [0.29, 0.717) is 0 Å². The Morgan fingerprint density at radius 3 is 1.75 bits per heavy atom. The Hall–Kier alpha value is -6.12. The number of benzene rings is 6. The first kappa shape index (κ1) is 27.0. The molecule has 0 aliphatic heterocycles.